The predicted octanol–water partition coefficient (Wildman–Crippen LogP) is 3.43. The van der Waals surface area contributed by atoms with Crippen molar-refractivity contribution in [2.45, 2.75) is 30.0 Å². The molecule has 0 spiro atoms. The second kappa shape index (κ2) is 7.39. The molecule has 1 fully saturated rings. The zero-order valence-electron chi connectivity index (χ0n) is 16.5. The number of hydrogen-bond acceptors (Lipinski definition) is 4. The van der Waals surface area contributed by atoms with Gasteiger partial charge in [-0.1, -0.05) is 6.07 Å². The minimum Gasteiger partial charge on any atom is -0.465 e. The fraction of sp³-hybridized carbons (Fsp3) is 0.333. The Morgan fingerprint density at radius 2 is 1.93 bits per heavy atom. The van der Waals surface area contributed by atoms with Gasteiger partial charge in [0.15, 0.2) is 9.84 Å². The first-order chi connectivity index (χ1) is 14.2. The maximum Gasteiger partial charge on any atom is 0.407 e. The number of hydrogen-bond donors (Lipinski definition) is 1. The Bertz CT molecular complexity index is 1200. The van der Waals surface area contributed by atoms with Crippen LogP contribution in [0.4, 0.5) is 9.18 Å². The molecule has 1 N–H and O–H groups in total. The van der Waals surface area contributed by atoms with E-state index in [1.54, 1.807) is 30.3 Å². The molecule has 0 aliphatic carbocycles. The van der Waals surface area contributed by atoms with E-state index >= 15 is 4.39 Å². The molecule has 2 aromatic heterocycles. The number of sulfone groups is 1. The molecule has 158 valence electrons. The van der Waals surface area contributed by atoms with Crippen LogP contribution in [0.1, 0.15) is 24.1 Å². The van der Waals surface area contributed by atoms with Gasteiger partial charge in [0.1, 0.15) is 5.67 Å². The monoisotopic (exact) mass is 431 g/mol. The first kappa shape index (κ1) is 20.3. The van der Waals surface area contributed by atoms with Gasteiger partial charge in [-0.2, -0.15) is 0 Å². The second-order valence-electron chi connectivity index (χ2n) is 7.71. The smallest absolute Gasteiger partial charge is 0.407 e. The molecule has 9 heteroatoms. The van der Waals surface area contributed by atoms with Crippen molar-refractivity contribution in [3.63, 3.8) is 0 Å². The van der Waals surface area contributed by atoms with Gasteiger partial charge in [-0.3, -0.25) is 4.98 Å². The van der Waals surface area contributed by atoms with Gasteiger partial charge < -0.3 is 14.6 Å². The van der Waals surface area contributed by atoms with E-state index in [0.717, 1.165) is 16.6 Å². The number of piperidine rings is 1. The molecule has 1 aliphatic heterocycles. The van der Waals surface area contributed by atoms with Crippen molar-refractivity contribution in [1.29, 1.82) is 0 Å². The van der Waals surface area contributed by atoms with Gasteiger partial charge in [-0.05, 0) is 30.3 Å². The number of alkyl halides is 1. The number of benzene rings is 1. The summed E-state index contributed by atoms with van der Waals surface area (Å²) in [4.78, 5) is 16.9. The Morgan fingerprint density at radius 1 is 1.20 bits per heavy atom. The molecule has 1 aliphatic rings. The number of amides is 1. The summed E-state index contributed by atoms with van der Waals surface area (Å²) in [6.45, 7) is 0.797. The molecule has 1 amide bonds. The molecular formula is C21H22FN3O4S. The van der Waals surface area contributed by atoms with E-state index in [-0.39, 0.29) is 30.8 Å². The first-order valence-corrected chi connectivity index (χ1v) is 11.5. The van der Waals surface area contributed by atoms with Crippen LogP contribution in [-0.4, -0.2) is 53.4 Å². The van der Waals surface area contributed by atoms with Crippen LogP contribution in [0.15, 0.2) is 53.7 Å². The Morgan fingerprint density at radius 3 is 2.53 bits per heavy atom. The number of fused-ring (bicyclic) bond motifs is 1. The second-order valence-corrected chi connectivity index (χ2v) is 9.73. The van der Waals surface area contributed by atoms with Gasteiger partial charge in [0.25, 0.3) is 0 Å². The number of carbonyl (C=O) groups is 1. The molecule has 3 aromatic rings. The number of carboxylic acid groups (broad SMARTS) is 1. The lowest BCUT2D eigenvalue weighted by Crippen LogP contribution is -2.42. The molecule has 1 saturated heterocycles. The molecule has 7 nitrogen and oxygen atoms in total. The maximum atomic E-state index is 15.3. The van der Waals surface area contributed by atoms with Gasteiger partial charge in [0.2, 0.25) is 0 Å². The van der Waals surface area contributed by atoms with Gasteiger partial charge >= 0.3 is 6.09 Å². The van der Waals surface area contributed by atoms with Crippen LogP contribution in [-0.2, 0) is 22.1 Å². The van der Waals surface area contributed by atoms with Gasteiger partial charge in [0, 0.05) is 61.0 Å². The third-order valence-corrected chi connectivity index (χ3v) is 6.78. The lowest BCUT2D eigenvalue weighted by molar-refractivity contribution is 0.0549. The van der Waals surface area contributed by atoms with Crippen LogP contribution in [0.2, 0.25) is 0 Å². The Hall–Kier alpha value is -2.94. The third-order valence-electron chi connectivity index (χ3n) is 5.67. The molecule has 0 bridgehead atoms. The molecule has 0 atom stereocenters. The zero-order valence-corrected chi connectivity index (χ0v) is 17.3. The summed E-state index contributed by atoms with van der Waals surface area (Å²) in [6.07, 6.45) is 3.79. The molecule has 0 saturated carbocycles. The summed E-state index contributed by atoms with van der Waals surface area (Å²) < 4.78 is 40.7. The van der Waals surface area contributed by atoms with E-state index in [1.807, 2.05) is 16.8 Å². The minimum atomic E-state index is -3.27. The van der Waals surface area contributed by atoms with Crippen molar-refractivity contribution in [3.05, 3.63) is 60.0 Å². The lowest BCUT2D eigenvalue weighted by Gasteiger charge is -2.35. The van der Waals surface area contributed by atoms with Gasteiger partial charge in [0.05, 0.1) is 17.1 Å². The fourth-order valence-electron chi connectivity index (χ4n) is 3.85. The fourth-order valence-corrected chi connectivity index (χ4v) is 4.50. The zero-order chi connectivity index (χ0) is 21.5. The van der Waals surface area contributed by atoms with Crippen molar-refractivity contribution >= 4 is 26.8 Å². The topological polar surface area (TPSA) is 92.5 Å². The van der Waals surface area contributed by atoms with E-state index in [4.69, 9.17) is 5.11 Å². The SMILES string of the molecule is CS(=O)(=O)c1ccc2c(ccn2Cc2ccc(C3(F)CCN(C(=O)O)CC3)cn2)c1. The average molecular weight is 431 g/mol. The van der Waals surface area contributed by atoms with Crippen LogP contribution in [0.3, 0.4) is 0 Å². The van der Waals surface area contributed by atoms with Crippen molar-refractivity contribution in [3.8, 4) is 0 Å². The number of aromatic nitrogens is 2. The number of rotatable bonds is 4. The molecular weight excluding hydrogens is 409 g/mol. The highest BCUT2D eigenvalue weighted by Crippen LogP contribution is 2.36. The standard InChI is InChI=1S/C21H22FN3O4S/c1-30(28,29)18-4-5-19-15(12-18)6-9-25(19)14-17-3-2-16(13-23-17)21(22)7-10-24(11-8-21)20(26)27/h2-6,9,12-13H,7-8,10-11,14H2,1H3,(H,26,27). The largest absolute Gasteiger partial charge is 0.465 e. The van der Waals surface area contributed by atoms with Crippen LogP contribution < -0.4 is 0 Å². The average Bonchev–Trinajstić information content (AvgIpc) is 3.10. The summed E-state index contributed by atoms with van der Waals surface area (Å²) in [7, 11) is -3.27. The molecule has 3 heterocycles. The number of likely N-dealkylation sites (tertiary alicyclic amines) is 1. The molecule has 0 radical (unpaired) electrons. The summed E-state index contributed by atoms with van der Waals surface area (Å²) in [5.74, 6) is 0. The Kier molecular flexibility index (Phi) is 5.01. The van der Waals surface area contributed by atoms with Crippen LogP contribution >= 0.6 is 0 Å². The van der Waals surface area contributed by atoms with Crippen LogP contribution in [0, 0.1) is 0 Å². The van der Waals surface area contributed by atoms with E-state index < -0.39 is 21.6 Å². The van der Waals surface area contributed by atoms with E-state index in [9.17, 15) is 13.2 Å². The molecule has 0 unspecified atom stereocenters. The van der Waals surface area contributed by atoms with Crippen molar-refractivity contribution in [2.24, 2.45) is 0 Å². The van der Waals surface area contributed by atoms with Crippen molar-refractivity contribution in [2.75, 3.05) is 19.3 Å². The molecule has 30 heavy (non-hydrogen) atoms. The Balaban J connectivity index is 1.51. The first-order valence-electron chi connectivity index (χ1n) is 9.57. The van der Waals surface area contributed by atoms with Gasteiger partial charge in [-0.25, -0.2) is 17.6 Å². The quantitative estimate of drug-likeness (QED) is 0.683. The van der Waals surface area contributed by atoms with Crippen molar-refractivity contribution < 1.29 is 22.7 Å². The van der Waals surface area contributed by atoms with Crippen molar-refractivity contribution in [1.82, 2.24) is 14.5 Å². The van der Waals surface area contributed by atoms with E-state index in [1.165, 1.54) is 17.4 Å². The highest BCUT2D eigenvalue weighted by Gasteiger charge is 2.37. The highest BCUT2D eigenvalue weighted by molar-refractivity contribution is 7.90. The summed E-state index contributed by atoms with van der Waals surface area (Å²) in [5.41, 5.74) is 0.525. The lowest BCUT2D eigenvalue weighted by atomic mass is 9.87. The molecule has 4 rings (SSSR count). The normalized spacial score (nSPS) is 16.7. The number of pyridine rings is 1. The Labute approximate surface area is 173 Å². The van der Waals surface area contributed by atoms with Crippen LogP contribution in [0.25, 0.3) is 10.9 Å². The van der Waals surface area contributed by atoms with E-state index in [2.05, 4.69) is 4.98 Å². The molecule has 1 aromatic carbocycles. The maximum absolute atomic E-state index is 15.3. The number of halogens is 1. The number of nitrogens with zero attached hydrogens (tertiary/aromatic N) is 3. The predicted molar refractivity (Wildman–Crippen MR) is 110 cm³/mol. The van der Waals surface area contributed by atoms with Crippen LogP contribution in [0.5, 0.6) is 0 Å². The highest BCUT2D eigenvalue weighted by atomic mass is 32.2. The van der Waals surface area contributed by atoms with Gasteiger partial charge in [-0.15, -0.1) is 0 Å². The minimum absolute atomic E-state index is 0.116. The summed E-state index contributed by atoms with van der Waals surface area (Å²) in [5, 5.41) is 9.85. The third kappa shape index (κ3) is 3.89. The summed E-state index contributed by atoms with van der Waals surface area (Å²) >= 11 is 0. The van der Waals surface area contributed by atoms with E-state index in [0.29, 0.717) is 12.1 Å². The summed E-state index contributed by atoms with van der Waals surface area (Å²) in [6, 6.07) is 10.3.